The van der Waals surface area contributed by atoms with Gasteiger partial charge in [-0.1, -0.05) is 17.7 Å². The minimum absolute atomic E-state index is 0.175. The molecule has 2 aromatic rings. The number of aromatic nitrogens is 1. The highest BCUT2D eigenvalue weighted by Gasteiger charge is 2.11. The summed E-state index contributed by atoms with van der Waals surface area (Å²) in [5.74, 6) is -1.01. The summed E-state index contributed by atoms with van der Waals surface area (Å²) < 4.78 is 0. The number of rotatable bonds is 3. The molecule has 0 bridgehead atoms. The number of nitrogens with zero attached hydrogens (tertiary/aromatic N) is 2. The topological polar surface area (TPSA) is 74.6 Å². The summed E-state index contributed by atoms with van der Waals surface area (Å²) in [5.41, 5.74) is 3.74. The SMILES string of the molecule is CN/N=C/c1cc(C(=O)O)c2ccc(Cl)cc2n1. The van der Waals surface area contributed by atoms with Crippen molar-refractivity contribution < 1.29 is 9.90 Å². The standard InChI is InChI=1S/C12H10ClN3O2/c1-14-15-6-8-5-10(12(17)18)9-3-2-7(13)4-11(9)16-8/h2-6,14H,1H3,(H,17,18)/b15-6+. The van der Waals surface area contributed by atoms with E-state index in [9.17, 15) is 9.90 Å². The first-order chi connectivity index (χ1) is 8.61. The van der Waals surface area contributed by atoms with Crippen LogP contribution in [0.4, 0.5) is 0 Å². The van der Waals surface area contributed by atoms with E-state index >= 15 is 0 Å². The van der Waals surface area contributed by atoms with Crippen LogP contribution < -0.4 is 5.43 Å². The molecule has 0 aliphatic rings. The van der Waals surface area contributed by atoms with Crippen LogP contribution in [0, 0.1) is 0 Å². The van der Waals surface area contributed by atoms with Gasteiger partial charge in [-0.05, 0) is 18.2 Å². The molecule has 0 amide bonds. The molecule has 18 heavy (non-hydrogen) atoms. The number of pyridine rings is 1. The van der Waals surface area contributed by atoms with E-state index in [0.29, 0.717) is 21.6 Å². The van der Waals surface area contributed by atoms with Gasteiger partial charge < -0.3 is 10.5 Å². The van der Waals surface area contributed by atoms with E-state index in [4.69, 9.17) is 11.6 Å². The van der Waals surface area contributed by atoms with E-state index < -0.39 is 5.97 Å². The minimum atomic E-state index is -1.01. The van der Waals surface area contributed by atoms with Gasteiger partial charge >= 0.3 is 5.97 Å². The van der Waals surface area contributed by atoms with Crippen molar-refractivity contribution in [3.05, 3.63) is 40.5 Å². The number of benzene rings is 1. The lowest BCUT2D eigenvalue weighted by molar-refractivity contribution is 0.0699. The van der Waals surface area contributed by atoms with E-state index in [1.807, 2.05) is 0 Å². The Morgan fingerprint density at radius 1 is 1.50 bits per heavy atom. The summed E-state index contributed by atoms with van der Waals surface area (Å²) in [4.78, 5) is 15.5. The predicted octanol–water partition coefficient (Wildman–Crippen LogP) is 2.14. The summed E-state index contributed by atoms with van der Waals surface area (Å²) in [7, 11) is 1.65. The first-order valence-corrected chi connectivity index (χ1v) is 5.53. The summed E-state index contributed by atoms with van der Waals surface area (Å²) >= 11 is 5.87. The fourth-order valence-corrected chi connectivity index (χ4v) is 1.76. The van der Waals surface area contributed by atoms with Crippen molar-refractivity contribution in [3.63, 3.8) is 0 Å². The second-order valence-corrected chi connectivity index (χ2v) is 3.98. The minimum Gasteiger partial charge on any atom is -0.478 e. The Labute approximate surface area is 108 Å². The van der Waals surface area contributed by atoms with E-state index in [-0.39, 0.29) is 5.56 Å². The molecule has 0 aliphatic carbocycles. The van der Waals surface area contributed by atoms with Crippen LogP contribution in [0.5, 0.6) is 0 Å². The molecule has 1 aromatic carbocycles. The molecule has 0 saturated carbocycles. The van der Waals surface area contributed by atoms with Crippen molar-refractivity contribution in [3.8, 4) is 0 Å². The Morgan fingerprint density at radius 2 is 2.28 bits per heavy atom. The number of nitrogens with one attached hydrogen (secondary N) is 1. The molecule has 1 heterocycles. The predicted molar refractivity (Wildman–Crippen MR) is 70.4 cm³/mol. The lowest BCUT2D eigenvalue weighted by Gasteiger charge is -2.04. The Kier molecular flexibility index (Phi) is 3.43. The average Bonchev–Trinajstić information content (AvgIpc) is 2.34. The van der Waals surface area contributed by atoms with E-state index in [1.54, 1.807) is 25.2 Å². The van der Waals surface area contributed by atoms with Crippen LogP contribution in [-0.2, 0) is 0 Å². The van der Waals surface area contributed by atoms with Crippen LogP contribution in [0.25, 0.3) is 10.9 Å². The lowest BCUT2D eigenvalue weighted by Crippen LogP contribution is -2.03. The van der Waals surface area contributed by atoms with Gasteiger partial charge in [0.05, 0.1) is 23.0 Å². The molecular weight excluding hydrogens is 254 g/mol. The number of fused-ring (bicyclic) bond motifs is 1. The highest BCUT2D eigenvalue weighted by molar-refractivity contribution is 6.31. The molecule has 0 unspecified atom stereocenters. The zero-order chi connectivity index (χ0) is 13.1. The third-order valence-electron chi connectivity index (χ3n) is 2.35. The maximum Gasteiger partial charge on any atom is 0.336 e. The van der Waals surface area contributed by atoms with Gasteiger partial charge in [0.1, 0.15) is 0 Å². The zero-order valence-electron chi connectivity index (χ0n) is 9.51. The van der Waals surface area contributed by atoms with Crippen molar-refractivity contribution in [1.29, 1.82) is 0 Å². The van der Waals surface area contributed by atoms with Gasteiger partial charge in [0.25, 0.3) is 0 Å². The quantitative estimate of drug-likeness (QED) is 0.657. The molecule has 0 saturated heterocycles. The second-order valence-electron chi connectivity index (χ2n) is 3.54. The summed E-state index contributed by atoms with van der Waals surface area (Å²) in [6, 6.07) is 6.38. The number of carboxylic acid groups (broad SMARTS) is 1. The zero-order valence-corrected chi connectivity index (χ0v) is 10.3. The van der Waals surface area contributed by atoms with Crippen molar-refractivity contribution in [2.24, 2.45) is 5.10 Å². The van der Waals surface area contributed by atoms with Crippen molar-refractivity contribution in [2.75, 3.05) is 7.05 Å². The number of halogens is 1. The molecule has 2 N–H and O–H groups in total. The maximum atomic E-state index is 11.2. The second kappa shape index (κ2) is 5.01. The van der Waals surface area contributed by atoms with E-state index in [2.05, 4.69) is 15.5 Å². The number of carbonyl (C=O) groups is 1. The highest BCUT2D eigenvalue weighted by Crippen LogP contribution is 2.21. The number of aromatic carboxylic acids is 1. The Balaban J connectivity index is 2.70. The fourth-order valence-electron chi connectivity index (χ4n) is 1.60. The number of hydrazone groups is 1. The molecule has 2 rings (SSSR count). The van der Waals surface area contributed by atoms with E-state index in [0.717, 1.165) is 0 Å². The molecule has 6 heteroatoms. The number of carboxylic acids is 1. The molecule has 1 aromatic heterocycles. The maximum absolute atomic E-state index is 11.2. The first-order valence-electron chi connectivity index (χ1n) is 5.15. The molecule has 0 radical (unpaired) electrons. The summed E-state index contributed by atoms with van der Waals surface area (Å²) in [5, 5.41) is 14.0. The van der Waals surface area contributed by atoms with Gasteiger partial charge in [0, 0.05) is 17.5 Å². The normalized spacial score (nSPS) is 11.0. The summed E-state index contributed by atoms with van der Waals surface area (Å²) in [6.45, 7) is 0. The molecular formula is C12H10ClN3O2. The molecule has 5 nitrogen and oxygen atoms in total. The van der Waals surface area contributed by atoms with Gasteiger partial charge in [-0.3, -0.25) is 0 Å². The third-order valence-corrected chi connectivity index (χ3v) is 2.58. The van der Waals surface area contributed by atoms with Crippen molar-refractivity contribution >= 4 is 34.7 Å². The van der Waals surface area contributed by atoms with Gasteiger partial charge in [0.15, 0.2) is 0 Å². The van der Waals surface area contributed by atoms with Gasteiger partial charge in [-0.15, -0.1) is 0 Å². The molecule has 0 spiro atoms. The Morgan fingerprint density at radius 3 is 2.94 bits per heavy atom. The van der Waals surface area contributed by atoms with Crippen LogP contribution in [0.1, 0.15) is 16.1 Å². The van der Waals surface area contributed by atoms with E-state index in [1.165, 1.54) is 12.3 Å². The van der Waals surface area contributed by atoms with Gasteiger partial charge in [0.2, 0.25) is 0 Å². The van der Waals surface area contributed by atoms with Gasteiger partial charge in [-0.2, -0.15) is 5.10 Å². The smallest absolute Gasteiger partial charge is 0.336 e. The fraction of sp³-hybridized carbons (Fsp3) is 0.0833. The van der Waals surface area contributed by atoms with Crippen LogP contribution in [0.2, 0.25) is 5.02 Å². The molecule has 0 fully saturated rings. The Hall–Kier alpha value is -2.14. The lowest BCUT2D eigenvalue weighted by atomic mass is 10.1. The van der Waals surface area contributed by atoms with Crippen LogP contribution in [0.15, 0.2) is 29.4 Å². The summed E-state index contributed by atoms with van der Waals surface area (Å²) in [6.07, 6.45) is 1.45. The van der Waals surface area contributed by atoms with Crippen molar-refractivity contribution in [2.45, 2.75) is 0 Å². The van der Waals surface area contributed by atoms with Gasteiger partial charge in [-0.25, -0.2) is 9.78 Å². The third kappa shape index (κ3) is 2.41. The first kappa shape index (κ1) is 12.3. The monoisotopic (exact) mass is 263 g/mol. The van der Waals surface area contributed by atoms with Crippen LogP contribution in [-0.4, -0.2) is 29.3 Å². The molecule has 92 valence electrons. The number of hydrogen-bond acceptors (Lipinski definition) is 4. The molecule has 0 atom stereocenters. The van der Waals surface area contributed by atoms with Crippen LogP contribution in [0.3, 0.4) is 0 Å². The largest absolute Gasteiger partial charge is 0.478 e. The van der Waals surface area contributed by atoms with Crippen LogP contribution >= 0.6 is 11.6 Å². The average molecular weight is 264 g/mol. The Bertz CT molecular complexity index is 641. The highest BCUT2D eigenvalue weighted by atomic mass is 35.5. The van der Waals surface area contributed by atoms with Crippen molar-refractivity contribution in [1.82, 2.24) is 10.4 Å². The number of hydrogen-bond donors (Lipinski definition) is 2. The molecule has 0 aliphatic heterocycles.